The SMILES string of the molecule is CC(=O)c1ccc(NC(=O)CSc2nc3cc(C)[nH]c3c(=O)n2CCC(C)C)cc1. The van der Waals surface area contributed by atoms with Crippen molar-refractivity contribution in [1.82, 2.24) is 14.5 Å². The lowest BCUT2D eigenvalue weighted by molar-refractivity contribution is -0.113. The second-order valence-corrected chi connectivity index (χ2v) is 8.66. The zero-order valence-corrected chi connectivity index (χ0v) is 18.4. The van der Waals surface area contributed by atoms with Crippen LogP contribution in [0.15, 0.2) is 40.3 Å². The fraction of sp³-hybridized carbons (Fsp3) is 0.364. The molecule has 0 aliphatic heterocycles. The minimum atomic E-state index is -0.203. The van der Waals surface area contributed by atoms with E-state index in [4.69, 9.17) is 0 Å². The number of aromatic nitrogens is 3. The third-order valence-electron chi connectivity index (χ3n) is 4.68. The predicted octanol–water partition coefficient (Wildman–Crippen LogP) is 4.01. The van der Waals surface area contributed by atoms with Gasteiger partial charge < -0.3 is 10.3 Å². The zero-order chi connectivity index (χ0) is 21.8. The summed E-state index contributed by atoms with van der Waals surface area (Å²) < 4.78 is 1.65. The molecule has 0 fully saturated rings. The van der Waals surface area contributed by atoms with E-state index in [2.05, 4.69) is 29.1 Å². The molecule has 0 atom stereocenters. The van der Waals surface area contributed by atoms with Crippen molar-refractivity contribution in [2.24, 2.45) is 5.92 Å². The molecular weight excluding hydrogens is 400 g/mol. The highest BCUT2D eigenvalue weighted by molar-refractivity contribution is 7.99. The lowest BCUT2D eigenvalue weighted by Crippen LogP contribution is -2.25. The van der Waals surface area contributed by atoms with Gasteiger partial charge >= 0.3 is 0 Å². The molecule has 3 aromatic rings. The van der Waals surface area contributed by atoms with Gasteiger partial charge in [0.25, 0.3) is 5.56 Å². The molecule has 0 saturated heterocycles. The predicted molar refractivity (Wildman–Crippen MR) is 120 cm³/mol. The lowest BCUT2D eigenvalue weighted by Gasteiger charge is -2.13. The standard InChI is InChI=1S/C22H26N4O3S/c1-13(2)9-10-26-21(29)20-18(11-14(3)23-20)25-22(26)30-12-19(28)24-17-7-5-16(6-8-17)15(4)27/h5-8,11,13,23H,9-10,12H2,1-4H3,(H,24,28). The molecule has 0 spiro atoms. The largest absolute Gasteiger partial charge is 0.353 e. The number of rotatable bonds is 8. The van der Waals surface area contributed by atoms with Crippen LogP contribution < -0.4 is 10.9 Å². The van der Waals surface area contributed by atoms with Gasteiger partial charge in [-0.2, -0.15) is 0 Å². The Bertz CT molecular complexity index is 1130. The summed E-state index contributed by atoms with van der Waals surface area (Å²) in [6.07, 6.45) is 0.842. The van der Waals surface area contributed by atoms with E-state index < -0.39 is 0 Å². The fourth-order valence-electron chi connectivity index (χ4n) is 3.02. The van der Waals surface area contributed by atoms with Gasteiger partial charge in [0.1, 0.15) is 5.52 Å². The van der Waals surface area contributed by atoms with E-state index in [0.29, 0.717) is 39.9 Å². The van der Waals surface area contributed by atoms with Crippen LogP contribution in [0.4, 0.5) is 5.69 Å². The van der Waals surface area contributed by atoms with Crippen LogP contribution in [-0.2, 0) is 11.3 Å². The zero-order valence-electron chi connectivity index (χ0n) is 17.6. The fourth-order valence-corrected chi connectivity index (χ4v) is 3.85. The highest BCUT2D eigenvalue weighted by atomic mass is 32.2. The molecule has 158 valence electrons. The molecule has 0 unspecified atom stereocenters. The van der Waals surface area contributed by atoms with E-state index in [0.717, 1.165) is 12.1 Å². The molecule has 0 bridgehead atoms. The summed E-state index contributed by atoms with van der Waals surface area (Å²) in [6.45, 7) is 8.14. The Morgan fingerprint density at radius 2 is 1.93 bits per heavy atom. The van der Waals surface area contributed by atoms with Crippen molar-refractivity contribution in [2.45, 2.75) is 45.8 Å². The number of H-pyrrole nitrogens is 1. The molecule has 0 radical (unpaired) electrons. The van der Waals surface area contributed by atoms with Gasteiger partial charge in [-0.15, -0.1) is 0 Å². The monoisotopic (exact) mass is 426 g/mol. The van der Waals surface area contributed by atoms with E-state index >= 15 is 0 Å². The van der Waals surface area contributed by atoms with E-state index in [1.807, 2.05) is 13.0 Å². The van der Waals surface area contributed by atoms with Crippen molar-refractivity contribution < 1.29 is 9.59 Å². The van der Waals surface area contributed by atoms with Gasteiger partial charge in [0.2, 0.25) is 5.91 Å². The summed E-state index contributed by atoms with van der Waals surface area (Å²) >= 11 is 1.24. The van der Waals surface area contributed by atoms with Crippen LogP contribution in [-0.4, -0.2) is 32.0 Å². The van der Waals surface area contributed by atoms with Gasteiger partial charge in [0.15, 0.2) is 10.9 Å². The molecule has 2 aromatic heterocycles. The first-order valence-corrected chi connectivity index (χ1v) is 10.9. The lowest BCUT2D eigenvalue weighted by atomic mass is 10.1. The van der Waals surface area contributed by atoms with Crippen LogP contribution in [0, 0.1) is 12.8 Å². The van der Waals surface area contributed by atoms with Crippen LogP contribution >= 0.6 is 11.8 Å². The number of hydrogen-bond acceptors (Lipinski definition) is 5. The van der Waals surface area contributed by atoms with Crippen LogP contribution in [0.5, 0.6) is 0 Å². The van der Waals surface area contributed by atoms with Crippen molar-refractivity contribution in [2.75, 3.05) is 11.1 Å². The number of anilines is 1. The molecule has 2 N–H and O–H groups in total. The third-order valence-corrected chi connectivity index (χ3v) is 5.65. The number of aryl methyl sites for hydroxylation is 1. The van der Waals surface area contributed by atoms with Crippen LogP contribution in [0.2, 0.25) is 0 Å². The first-order valence-electron chi connectivity index (χ1n) is 9.88. The highest BCUT2D eigenvalue weighted by Crippen LogP contribution is 2.20. The quantitative estimate of drug-likeness (QED) is 0.322. The number of Topliss-reactive ketones (excluding diaryl/α,β-unsaturated/α-hetero) is 1. The number of benzene rings is 1. The number of carbonyl (C=O) groups excluding carboxylic acids is 2. The molecule has 30 heavy (non-hydrogen) atoms. The smallest absolute Gasteiger partial charge is 0.278 e. The Morgan fingerprint density at radius 1 is 1.23 bits per heavy atom. The first kappa shape index (κ1) is 21.8. The average Bonchev–Trinajstić information content (AvgIpc) is 3.06. The number of nitrogens with zero attached hydrogens (tertiary/aromatic N) is 2. The Labute approximate surface area is 179 Å². The Kier molecular flexibility index (Phi) is 6.77. The molecule has 1 amide bonds. The summed E-state index contributed by atoms with van der Waals surface area (Å²) in [7, 11) is 0. The summed E-state index contributed by atoms with van der Waals surface area (Å²) in [5.41, 5.74) is 3.08. The van der Waals surface area contributed by atoms with Crippen molar-refractivity contribution in [3.05, 3.63) is 51.9 Å². The Balaban J connectivity index is 1.76. The molecule has 1 aromatic carbocycles. The third kappa shape index (κ3) is 5.18. The van der Waals surface area contributed by atoms with Gasteiger partial charge in [0, 0.05) is 23.5 Å². The van der Waals surface area contributed by atoms with Crippen molar-refractivity contribution in [3.63, 3.8) is 0 Å². The number of amides is 1. The van der Waals surface area contributed by atoms with E-state index in [9.17, 15) is 14.4 Å². The maximum Gasteiger partial charge on any atom is 0.278 e. The second-order valence-electron chi connectivity index (χ2n) is 7.72. The average molecular weight is 427 g/mol. The number of ketones is 1. The summed E-state index contributed by atoms with van der Waals surface area (Å²) in [6, 6.07) is 8.59. The van der Waals surface area contributed by atoms with E-state index in [1.54, 1.807) is 28.8 Å². The van der Waals surface area contributed by atoms with Crippen LogP contribution in [0.25, 0.3) is 11.0 Å². The number of thioether (sulfide) groups is 1. The molecule has 3 rings (SSSR count). The highest BCUT2D eigenvalue weighted by Gasteiger charge is 2.15. The van der Waals surface area contributed by atoms with Gasteiger partial charge in [-0.05, 0) is 56.5 Å². The second kappa shape index (κ2) is 9.30. The number of fused-ring (bicyclic) bond motifs is 1. The van der Waals surface area contributed by atoms with Crippen molar-refractivity contribution >= 4 is 40.2 Å². The molecule has 0 aliphatic carbocycles. The molecule has 8 heteroatoms. The normalized spacial score (nSPS) is 11.2. The van der Waals surface area contributed by atoms with Gasteiger partial charge in [-0.25, -0.2) is 4.98 Å². The summed E-state index contributed by atoms with van der Waals surface area (Å²) in [5, 5.41) is 3.35. The minimum absolute atomic E-state index is 0.0238. The van der Waals surface area contributed by atoms with Crippen molar-refractivity contribution in [1.29, 1.82) is 0 Å². The van der Waals surface area contributed by atoms with E-state index in [-0.39, 0.29) is 23.0 Å². The van der Waals surface area contributed by atoms with Crippen LogP contribution in [0.1, 0.15) is 43.2 Å². The molecule has 0 saturated carbocycles. The molecule has 7 nitrogen and oxygen atoms in total. The first-order chi connectivity index (χ1) is 14.2. The molecule has 0 aliphatic rings. The number of hydrogen-bond donors (Lipinski definition) is 2. The maximum absolute atomic E-state index is 12.9. The maximum atomic E-state index is 12.9. The summed E-state index contributed by atoms with van der Waals surface area (Å²) in [4.78, 5) is 44.4. The van der Waals surface area contributed by atoms with Gasteiger partial charge in [-0.3, -0.25) is 19.0 Å². The van der Waals surface area contributed by atoms with Crippen molar-refractivity contribution in [3.8, 4) is 0 Å². The van der Waals surface area contributed by atoms with Gasteiger partial charge in [-0.1, -0.05) is 25.6 Å². The molecule has 2 heterocycles. The number of carbonyl (C=O) groups is 2. The number of nitrogens with one attached hydrogen (secondary N) is 2. The molecular formula is C22H26N4O3S. The van der Waals surface area contributed by atoms with Gasteiger partial charge in [0.05, 0.1) is 11.3 Å². The van der Waals surface area contributed by atoms with Crippen LogP contribution in [0.3, 0.4) is 0 Å². The minimum Gasteiger partial charge on any atom is -0.353 e. The Hall–Kier alpha value is -2.87. The topological polar surface area (TPSA) is 96.8 Å². The summed E-state index contributed by atoms with van der Waals surface area (Å²) in [5.74, 6) is 0.337. The number of aromatic amines is 1. The Morgan fingerprint density at radius 3 is 2.57 bits per heavy atom. The van der Waals surface area contributed by atoms with E-state index in [1.165, 1.54) is 18.7 Å².